The van der Waals surface area contributed by atoms with Crippen LogP contribution in [0.15, 0.2) is 28.9 Å². The molecule has 17 heavy (non-hydrogen) atoms. The van der Waals surface area contributed by atoms with Gasteiger partial charge in [0.25, 0.3) is 0 Å². The van der Waals surface area contributed by atoms with Crippen LogP contribution in [0, 0.1) is 11.6 Å². The molecule has 1 heterocycles. The van der Waals surface area contributed by atoms with Crippen molar-refractivity contribution in [1.29, 1.82) is 0 Å². The summed E-state index contributed by atoms with van der Waals surface area (Å²) < 4.78 is 31.4. The number of benzene rings is 1. The van der Waals surface area contributed by atoms with Crippen molar-refractivity contribution in [2.75, 3.05) is 7.05 Å². The molecule has 2 aromatic rings. The van der Waals surface area contributed by atoms with Crippen LogP contribution in [0.4, 0.5) is 8.78 Å². The van der Waals surface area contributed by atoms with Crippen LogP contribution in [-0.4, -0.2) is 7.05 Å². The average molecular weight is 258 g/mol. The van der Waals surface area contributed by atoms with E-state index in [0.29, 0.717) is 23.4 Å². The number of halogens is 3. The largest absolute Gasteiger partial charge is 0.467 e. The Hall–Kier alpha value is -1.39. The minimum absolute atomic E-state index is 0.155. The van der Waals surface area contributed by atoms with Gasteiger partial charge >= 0.3 is 0 Å². The van der Waals surface area contributed by atoms with Crippen LogP contribution in [0.1, 0.15) is 5.76 Å². The Bertz CT molecular complexity index is 539. The van der Waals surface area contributed by atoms with Gasteiger partial charge in [-0.15, -0.1) is 0 Å². The standard InChI is InChI=1S/C12H10ClF2NO/c1-16-6-12-7(2-3-17-12)8-4-10(14)11(15)5-9(8)13/h2-5,16H,6H2,1H3. The zero-order valence-corrected chi connectivity index (χ0v) is 9.81. The monoisotopic (exact) mass is 257 g/mol. The molecule has 0 unspecified atom stereocenters. The molecule has 0 saturated heterocycles. The quantitative estimate of drug-likeness (QED) is 0.850. The van der Waals surface area contributed by atoms with Gasteiger partial charge in [-0.25, -0.2) is 8.78 Å². The van der Waals surface area contributed by atoms with Crippen molar-refractivity contribution in [3.05, 3.63) is 46.9 Å². The third-order valence-corrected chi connectivity index (χ3v) is 2.70. The fraction of sp³-hybridized carbons (Fsp3) is 0.167. The van der Waals surface area contributed by atoms with E-state index >= 15 is 0 Å². The van der Waals surface area contributed by atoms with E-state index in [1.54, 1.807) is 13.1 Å². The van der Waals surface area contributed by atoms with Crippen molar-refractivity contribution in [3.63, 3.8) is 0 Å². The minimum atomic E-state index is -0.961. The molecule has 0 aliphatic carbocycles. The summed E-state index contributed by atoms with van der Waals surface area (Å²) in [6, 6.07) is 3.70. The molecule has 0 saturated carbocycles. The molecule has 0 aliphatic heterocycles. The highest BCUT2D eigenvalue weighted by Crippen LogP contribution is 2.32. The van der Waals surface area contributed by atoms with Gasteiger partial charge in [-0.3, -0.25) is 0 Å². The Morgan fingerprint density at radius 3 is 2.65 bits per heavy atom. The van der Waals surface area contributed by atoms with Gasteiger partial charge in [0.1, 0.15) is 5.76 Å². The first-order chi connectivity index (χ1) is 8.13. The van der Waals surface area contributed by atoms with Gasteiger partial charge in [0, 0.05) is 11.1 Å². The van der Waals surface area contributed by atoms with Crippen LogP contribution in [0.25, 0.3) is 11.1 Å². The molecule has 2 rings (SSSR count). The maximum Gasteiger partial charge on any atom is 0.160 e. The Balaban J connectivity index is 2.52. The molecule has 2 nitrogen and oxygen atoms in total. The zero-order chi connectivity index (χ0) is 12.4. The van der Waals surface area contributed by atoms with Gasteiger partial charge in [0.2, 0.25) is 0 Å². The maximum atomic E-state index is 13.2. The number of nitrogens with one attached hydrogen (secondary N) is 1. The lowest BCUT2D eigenvalue weighted by molar-refractivity contribution is 0.496. The normalized spacial score (nSPS) is 10.8. The molecule has 1 N–H and O–H groups in total. The summed E-state index contributed by atoms with van der Waals surface area (Å²) >= 11 is 5.90. The molecular formula is C12H10ClF2NO. The average Bonchev–Trinajstić information content (AvgIpc) is 2.72. The predicted molar refractivity (Wildman–Crippen MR) is 61.8 cm³/mol. The molecule has 5 heteroatoms. The van der Waals surface area contributed by atoms with Crippen LogP contribution < -0.4 is 5.32 Å². The van der Waals surface area contributed by atoms with Crippen molar-refractivity contribution in [3.8, 4) is 11.1 Å². The topological polar surface area (TPSA) is 25.2 Å². The molecule has 90 valence electrons. The Morgan fingerprint density at radius 1 is 1.24 bits per heavy atom. The highest BCUT2D eigenvalue weighted by atomic mass is 35.5. The molecule has 0 spiro atoms. The van der Waals surface area contributed by atoms with Gasteiger partial charge < -0.3 is 9.73 Å². The summed E-state index contributed by atoms with van der Waals surface area (Å²) in [6.45, 7) is 0.484. The Kier molecular flexibility index (Phi) is 3.45. The first-order valence-corrected chi connectivity index (χ1v) is 5.37. The first kappa shape index (κ1) is 12.1. The fourth-order valence-electron chi connectivity index (χ4n) is 1.61. The lowest BCUT2D eigenvalue weighted by atomic mass is 10.1. The van der Waals surface area contributed by atoms with Gasteiger partial charge in [0.15, 0.2) is 11.6 Å². The number of hydrogen-bond donors (Lipinski definition) is 1. The lowest BCUT2D eigenvalue weighted by Crippen LogP contribution is -2.05. The van der Waals surface area contributed by atoms with E-state index in [4.69, 9.17) is 16.0 Å². The molecule has 0 radical (unpaired) electrons. The number of furan rings is 1. The van der Waals surface area contributed by atoms with Crippen molar-refractivity contribution in [2.45, 2.75) is 6.54 Å². The van der Waals surface area contributed by atoms with E-state index in [-0.39, 0.29) is 5.02 Å². The predicted octanol–water partition coefficient (Wildman–Crippen LogP) is 3.60. The van der Waals surface area contributed by atoms with Crippen LogP contribution in [-0.2, 0) is 6.54 Å². The number of rotatable bonds is 3. The van der Waals surface area contributed by atoms with Crippen molar-refractivity contribution in [2.24, 2.45) is 0 Å². The van der Waals surface area contributed by atoms with Crippen molar-refractivity contribution < 1.29 is 13.2 Å². The van der Waals surface area contributed by atoms with E-state index in [1.807, 2.05) is 0 Å². The second kappa shape index (κ2) is 4.85. The molecule has 1 aromatic carbocycles. The SMILES string of the molecule is CNCc1occc1-c1cc(F)c(F)cc1Cl. The molecular weight excluding hydrogens is 248 g/mol. The van der Waals surface area contributed by atoms with E-state index < -0.39 is 11.6 Å². The Labute approximate surface area is 102 Å². The second-order valence-electron chi connectivity index (χ2n) is 3.53. The molecule has 0 amide bonds. The molecule has 0 atom stereocenters. The second-order valence-corrected chi connectivity index (χ2v) is 3.94. The smallest absolute Gasteiger partial charge is 0.160 e. The summed E-state index contributed by atoms with van der Waals surface area (Å²) in [4.78, 5) is 0. The molecule has 0 bridgehead atoms. The summed E-state index contributed by atoms with van der Waals surface area (Å²) in [6.07, 6.45) is 1.49. The van der Waals surface area contributed by atoms with E-state index in [1.165, 1.54) is 6.26 Å². The molecule has 1 aromatic heterocycles. The van der Waals surface area contributed by atoms with Crippen LogP contribution >= 0.6 is 11.6 Å². The highest BCUT2D eigenvalue weighted by molar-refractivity contribution is 6.33. The summed E-state index contributed by atoms with van der Waals surface area (Å²) in [7, 11) is 1.76. The fourth-order valence-corrected chi connectivity index (χ4v) is 1.86. The van der Waals surface area contributed by atoms with Crippen molar-refractivity contribution in [1.82, 2.24) is 5.32 Å². The van der Waals surface area contributed by atoms with Crippen molar-refractivity contribution >= 4 is 11.6 Å². The third kappa shape index (κ3) is 2.33. The van der Waals surface area contributed by atoms with Crippen LogP contribution in [0.5, 0.6) is 0 Å². The van der Waals surface area contributed by atoms with Gasteiger partial charge in [-0.1, -0.05) is 11.6 Å². The first-order valence-electron chi connectivity index (χ1n) is 4.99. The van der Waals surface area contributed by atoms with E-state index in [2.05, 4.69) is 5.32 Å². The maximum absolute atomic E-state index is 13.2. The summed E-state index contributed by atoms with van der Waals surface area (Å²) in [5, 5.41) is 3.08. The molecule has 0 aliphatic rings. The minimum Gasteiger partial charge on any atom is -0.467 e. The van der Waals surface area contributed by atoms with Gasteiger partial charge in [-0.05, 0) is 25.2 Å². The third-order valence-electron chi connectivity index (χ3n) is 2.38. The number of hydrogen-bond acceptors (Lipinski definition) is 2. The Morgan fingerprint density at radius 2 is 1.94 bits per heavy atom. The van der Waals surface area contributed by atoms with E-state index in [0.717, 1.165) is 12.1 Å². The van der Waals surface area contributed by atoms with Gasteiger partial charge in [0.05, 0.1) is 17.8 Å². The zero-order valence-electron chi connectivity index (χ0n) is 9.06. The van der Waals surface area contributed by atoms with Gasteiger partial charge in [-0.2, -0.15) is 0 Å². The van der Waals surface area contributed by atoms with Crippen LogP contribution in [0.2, 0.25) is 5.02 Å². The highest BCUT2D eigenvalue weighted by Gasteiger charge is 2.14. The van der Waals surface area contributed by atoms with E-state index in [9.17, 15) is 8.78 Å². The summed E-state index contributed by atoms with van der Waals surface area (Å²) in [5.41, 5.74) is 1.08. The molecule has 0 fully saturated rings. The van der Waals surface area contributed by atoms with Crippen LogP contribution in [0.3, 0.4) is 0 Å². The summed E-state index contributed by atoms with van der Waals surface area (Å²) in [5.74, 6) is -1.26. The lowest BCUT2D eigenvalue weighted by Gasteiger charge is -2.05.